The Morgan fingerprint density at radius 1 is 0.950 bits per heavy atom. The number of benzene rings is 2. The van der Waals surface area contributed by atoms with Gasteiger partial charge in [-0.25, -0.2) is 0 Å². The van der Waals surface area contributed by atoms with Crippen LogP contribution in [0.25, 0.3) is 0 Å². The maximum Gasteiger partial charge on any atom is 0.0604 e. The molecular weight excluding hydrogens is 252 g/mol. The summed E-state index contributed by atoms with van der Waals surface area (Å²) in [5, 5.41) is 15.2. The molecule has 0 unspecified atom stereocenters. The van der Waals surface area contributed by atoms with Crippen molar-refractivity contribution >= 4 is 22.7 Å². The quantitative estimate of drug-likeness (QED) is 0.517. The molecule has 106 valence electrons. The minimum Gasteiger partial charge on any atom is -0.399 e. The Kier molecular flexibility index (Phi) is 4.68. The lowest BCUT2D eigenvalue weighted by Gasteiger charge is -2.11. The number of nitrogen functional groups attached to an aromatic ring is 2. The molecule has 0 saturated carbocycles. The molecule has 0 bridgehead atoms. The molecular formula is C15H20N4O. The Labute approximate surface area is 118 Å². The zero-order valence-corrected chi connectivity index (χ0v) is 11.3. The number of nitrogens with one attached hydrogen (secondary N) is 2. The van der Waals surface area contributed by atoms with E-state index in [0.717, 1.165) is 22.6 Å². The smallest absolute Gasteiger partial charge is 0.0604 e. The van der Waals surface area contributed by atoms with Gasteiger partial charge in [0.05, 0.1) is 6.61 Å². The van der Waals surface area contributed by atoms with Gasteiger partial charge < -0.3 is 27.2 Å². The molecule has 0 saturated heterocycles. The fourth-order valence-electron chi connectivity index (χ4n) is 1.92. The monoisotopic (exact) mass is 272 g/mol. The molecule has 2 aromatic carbocycles. The van der Waals surface area contributed by atoms with Crippen molar-refractivity contribution in [1.29, 1.82) is 0 Å². The summed E-state index contributed by atoms with van der Waals surface area (Å²) in [6.45, 7) is 1.25. The van der Waals surface area contributed by atoms with E-state index >= 15 is 0 Å². The first-order valence-electron chi connectivity index (χ1n) is 6.51. The molecule has 5 heteroatoms. The Balaban J connectivity index is 2.01. The summed E-state index contributed by atoms with van der Waals surface area (Å²) in [5.74, 6) is 0. The fourth-order valence-corrected chi connectivity index (χ4v) is 1.92. The van der Waals surface area contributed by atoms with Gasteiger partial charge in [-0.05, 0) is 42.0 Å². The molecule has 0 spiro atoms. The number of hydrogen-bond acceptors (Lipinski definition) is 5. The van der Waals surface area contributed by atoms with Crippen LogP contribution >= 0.6 is 0 Å². The minimum atomic E-state index is 0.109. The van der Waals surface area contributed by atoms with E-state index in [4.69, 9.17) is 16.6 Å². The molecule has 0 atom stereocenters. The highest BCUT2D eigenvalue weighted by molar-refractivity contribution is 5.59. The number of anilines is 4. The van der Waals surface area contributed by atoms with Crippen molar-refractivity contribution in [2.75, 3.05) is 35.3 Å². The highest BCUT2D eigenvalue weighted by Crippen LogP contribution is 2.19. The normalized spacial score (nSPS) is 10.2. The van der Waals surface area contributed by atoms with E-state index in [0.29, 0.717) is 18.8 Å². The SMILES string of the molecule is Nc1ccc(N)c(CNc2cccc(NCCO)c2)c1. The lowest BCUT2D eigenvalue weighted by molar-refractivity contribution is 0.311. The van der Waals surface area contributed by atoms with Crippen molar-refractivity contribution in [3.63, 3.8) is 0 Å². The second-order valence-corrected chi connectivity index (χ2v) is 4.54. The summed E-state index contributed by atoms with van der Waals surface area (Å²) in [5.41, 5.74) is 16.0. The van der Waals surface area contributed by atoms with Gasteiger partial charge in [0, 0.05) is 35.8 Å². The average Bonchev–Trinajstić information content (AvgIpc) is 2.46. The minimum absolute atomic E-state index is 0.109. The first-order valence-corrected chi connectivity index (χ1v) is 6.51. The standard InChI is InChI=1S/C15H20N4O/c16-12-4-5-15(17)11(8-12)10-19-14-3-1-2-13(9-14)18-6-7-20/h1-5,8-9,18-20H,6-7,10,16-17H2. The van der Waals surface area contributed by atoms with Gasteiger partial charge >= 0.3 is 0 Å². The third kappa shape index (κ3) is 3.80. The maximum atomic E-state index is 8.80. The van der Waals surface area contributed by atoms with Crippen molar-refractivity contribution in [1.82, 2.24) is 0 Å². The van der Waals surface area contributed by atoms with E-state index in [1.807, 2.05) is 36.4 Å². The van der Waals surface area contributed by atoms with Crippen LogP contribution in [0.4, 0.5) is 22.7 Å². The van der Waals surface area contributed by atoms with Crippen molar-refractivity contribution in [3.05, 3.63) is 48.0 Å². The second kappa shape index (κ2) is 6.68. The molecule has 7 N–H and O–H groups in total. The topological polar surface area (TPSA) is 96.3 Å². The summed E-state index contributed by atoms with van der Waals surface area (Å²) in [6.07, 6.45) is 0. The molecule has 2 rings (SSSR count). The third-order valence-corrected chi connectivity index (χ3v) is 2.95. The van der Waals surface area contributed by atoms with Gasteiger partial charge in [-0.15, -0.1) is 0 Å². The summed E-state index contributed by atoms with van der Waals surface area (Å²) in [7, 11) is 0. The Bertz CT molecular complexity index is 572. The van der Waals surface area contributed by atoms with E-state index in [2.05, 4.69) is 10.6 Å². The first kappa shape index (κ1) is 14.0. The van der Waals surface area contributed by atoms with E-state index in [1.54, 1.807) is 6.07 Å². The molecule has 0 fully saturated rings. The van der Waals surface area contributed by atoms with Gasteiger partial charge in [0.1, 0.15) is 0 Å². The van der Waals surface area contributed by atoms with Gasteiger partial charge in [0.15, 0.2) is 0 Å². The van der Waals surface area contributed by atoms with Gasteiger partial charge in [-0.2, -0.15) is 0 Å². The molecule has 0 radical (unpaired) electrons. The second-order valence-electron chi connectivity index (χ2n) is 4.54. The molecule has 5 nitrogen and oxygen atoms in total. The van der Waals surface area contributed by atoms with E-state index in [-0.39, 0.29) is 6.61 Å². The van der Waals surface area contributed by atoms with Crippen LogP contribution in [-0.4, -0.2) is 18.3 Å². The van der Waals surface area contributed by atoms with Gasteiger partial charge in [0.2, 0.25) is 0 Å². The predicted octanol–water partition coefficient (Wildman–Crippen LogP) is 1.87. The molecule has 0 heterocycles. The zero-order valence-electron chi connectivity index (χ0n) is 11.3. The van der Waals surface area contributed by atoms with Crippen LogP contribution in [0.1, 0.15) is 5.56 Å². The molecule has 20 heavy (non-hydrogen) atoms. The number of rotatable bonds is 6. The van der Waals surface area contributed by atoms with Crippen LogP contribution in [0, 0.1) is 0 Å². The Morgan fingerprint density at radius 2 is 1.70 bits per heavy atom. The van der Waals surface area contributed by atoms with Crippen molar-refractivity contribution < 1.29 is 5.11 Å². The molecule has 0 aromatic heterocycles. The van der Waals surface area contributed by atoms with Crippen LogP contribution < -0.4 is 22.1 Å². The van der Waals surface area contributed by atoms with Crippen molar-refractivity contribution in [3.8, 4) is 0 Å². The highest BCUT2D eigenvalue weighted by atomic mass is 16.3. The fraction of sp³-hybridized carbons (Fsp3) is 0.200. The van der Waals surface area contributed by atoms with E-state index < -0.39 is 0 Å². The van der Waals surface area contributed by atoms with Gasteiger partial charge in [-0.3, -0.25) is 0 Å². The summed E-state index contributed by atoms with van der Waals surface area (Å²) >= 11 is 0. The predicted molar refractivity (Wildman–Crippen MR) is 84.6 cm³/mol. The summed E-state index contributed by atoms with van der Waals surface area (Å²) in [6, 6.07) is 13.3. The van der Waals surface area contributed by atoms with Gasteiger partial charge in [0.25, 0.3) is 0 Å². The maximum absolute atomic E-state index is 8.80. The van der Waals surface area contributed by atoms with Crippen molar-refractivity contribution in [2.24, 2.45) is 0 Å². The number of aliphatic hydroxyl groups is 1. The molecule has 2 aromatic rings. The van der Waals surface area contributed by atoms with Crippen LogP contribution in [-0.2, 0) is 6.54 Å². The number of aliphatic hydroxyl groups excluding tert-OH is 1. The van der Waals surface area contributed by atoms with Crippen LogP contribution in [0.5, 0.6) is 0 Å². The zero-order chi connectivity index (χ0) is 14.4. The summed E-state index contributed by atoms with van der Waals surface area (Å²) < 4.78 is 0. The largest absolute Gasteiger partial charge is 0.399 e. The molecule has 0 aliphatic heterocycles. The Hall–Kier alpha value is -2.40. The number of nitrogens with two attached hydrogens (primary N) is 2. The van der Waals surface area contributed by atoms with Crippen molar-refractivity contribution in [2.45, 2.75) is 6.54 Å². The van der Waals surface area contributed by atoms with Gasteiger partial charge in [-0.1, -0.05) is 6.07 Å². The molecule has 0 aliphatic carbocycles. The Morgan fingerprint density at radius 3 is 2.45 bits per heavy atom. The van der Waals surface area contributed by atoms with E-state index in [9.17, 15) is 0 Å². The first-order chi connectivity index (χ1) is 9.69. The van der Waals surface area contributed by atoms with Crippen LogP contribution in [0.2, 0.25) is 0 Å². The van der Waals surface area contributed by atoms with E-state index in [1.165, 1.54) is 0 Å². The average molecular weight is 272 g/mol. The van der Waals surface area contributed by atoms with Crippen LogP contribution in [0.15, 0.2) is 42.5 Å². The van der Waals surface area contributed by atoms with Crippen LogP contribution in [0.3, 0.4) is 0 Å². The molecule has 0 aliphatic rings. The lowest BCUT2D eigenvalue weighted by atomic mass is 10.1. The highest BCUT2D eigenvalue weighted by Gasteiger charge is 2.01. The third-order valence-electron chi connectivity index (χ3n) is 2.95. The number of hydrogen-bond donors (Lipinski definition) is 5. The lowest BCUT2D eigenvalue weighted by Crippen LogP contribution is -2.06. The summed E-state index contributed by atoms with van der Waals surface area (Å²) in [4.78, 5) is 0. The molecule has 0 amide bonds.